The molecule has 26 heavy (non-hydrogen) atoms. The summed E-state index contributed by atoms with van der Waals surface area (Å²) in [5.41, 5.74) is 0.951. The quantitative estimate of drug-likeness (QED) is 0.686. The van der Waals surface area contributed by atoms with E-state index < -0.39 is 0 Å². The third-order valence-electron chi connectivity index (χ3n) is 4.61. The van der Waals surface area contributed by atoms with Crippen LogP contribution in [0.4, 0.5) is 5.69 Å². The van der Waals surface area contributed by atoms with Crippen molar-refractivity contribution >= 4 is 28.9 Å². The molecule has 0 saturated carbocycles. The lowest BCUT2D eigenvalue weighted by Gasteiger charge is -2.34. The molecule has 1 saturated heterocycles. The van der Waals surface area contributed by atoms with Gasteiger partial charge in [-0.05, 0) is 43.2 Å². The van der Waals surface area contributed by atoms with Gasteiger partial charge in [-0.25, -0.2) is 0 Å². The van der Waals surface area contributed by atoms with Crippen LogP contribution < -0.4 is 10.5 Å². The lowest BCUT2D eigenvalue weighted by molar-refractivity contribution is 0.376. The number of halogens is 2. The largest absolute Gasteiger partial charge is 0.367 e. The zero-order chi connectivity index (χ0) is 18.1. The second kappa shape index (κ2) is 7.13. The van der Waals surface area contributed by atoms with Crippen LogP contribution in [0, 0.1) is 0 Å². The van der Waals surface area contributed by atoms with Crippen LogP contribution in [0.3, 0.4) is 0 Å². The lowest BCUT2D eigenvalue weighted by atomic mass is 10.1. The van der Waals surface area contributed by atoms with E-state index in [0.29, 0.717) is 16.4 Å². The fourth-order valence-corrected chi connectivity index (χ4v) is 3.67. The van der Waals surface area contributed by atoms with E-state index in [2.05, 4.69) is 15.1 Å². The second-order valence-corrected chi connectivity index (χ2v) is 7.08. The average Bonchev–Trinajstić information content (AvgIpc) is 3.20. The van der Waals surface area contributed by atoms with Crippen LogP contribution in [0.15, 0.2) is 53.7 Å². The number of piperidine rings is 1. The summed E-state index contributed by atoms with van der Waals surface area (Å²) in [7, 11) is 0. The normalized spacial score (nSPS) is 17.5. The van der Waals surface area contributed by atoms with Crippen molar-refractivity contribution in [3.8, 4) is 5.69 Å². The van der Waals surface area contributed by atoms with Crippen LogP contribution in [-0.4, -0.2) is 32.7 Å². The molecule has 134 valence electrons. The number of hydrogen-bond donors (Lipinski definition) is 0. The molecule has 1 fully saturated rings. The monoisotopic (exact) mass is 389 g/mol. The van der Waals surface area contributed by atoms with E-state index >= 15 is 0 Å². The third kappa shape index (κ3) is 3.22. The SMILES string of the molecule is O=c1c(Cl)c(N2CCCC(n3cccn3)C2)cnn1-c1ccc(Cl)cc1. The van der Waals surface area contributed by atoms with Crippen LogP contribution in [0.2, 0.25) is 10.0 Å². The van der Waals surface area contributed by atoms with Crippen molar-refractivity contribution in [2.24, 2.45) is 0 Å². The van der Waals surface area contributed by atoms with Gasteiger partial charge in [-0.1, -0.05) is 23.2 Å². The molecule has 0 amide bonds. The molecule has 2 aromatic heterocycles. The summed E-state index contributed by atoms with van der Waals surface area (Å²) in [6, 6.07) is 9.08. The molecule has 0 bridgehead atoms. The lowest BCUT2D eigenvalue weighted by Crippen LogP contribution is -2.38. The fourth-order valence-electron chi connectivity index (χ4n) is 3.30. The van der Waals surface area contributed by atoms with E-state index in [1.807, 2.05) is 16.9 Å². The zero-order valence-electron chi connectivity index (χ0n) is 13.9. The first-order chi connectivity index (χ1) is 12.6. The zero-order valence-corrected chi connectivity index (χ0v) is 15.4. The highest BCUT2D eigenvalue weighted by Crippen LogP contribution is 2.29. The topological polar surface area (TPSA) is 56.0 Å². The molecule has 1 atom stereocenters. The van der Waals surface area contributed by atoms with Gasteiger partial charge in [0.2, 0.25) is 0 Å². The minimum Gasteiger partial charge on any atom is -0.367 e. The molecular weight excluding hydrogens is 373 g/mol. The van der Waals surface area contributed by atoms with E-state index in [1.165, 1.54) is 4.68 Å². The molecule has 1 unspecified atom stereocenters. The first-order valence-corrected chi connectivity index (χ1v) is 9.17. The van der Waals surface area contributed by atoms with Crippen molar-refractivity contribution in [2.45, 2.75) is 18.9 Å². The highest BCUT2D eigenvalue weighted by Gasteiger charge is 2.24. The first kappa shape index (κ1) is 17.1. The number of rotatable bonds is 3. The van der Waals surface area contributed by atoms with Crippen LogP contribution in [0.5, 0.6) is 0 Å². The number of aromatic nitrogens is 4. The predicted molar refractivity (Wildman–Crippen MR) is 103 cm³/mol. The Morgan fingerprint density at radius 1 is 1.12 bits per heavy atom. The Hall–Kier alpha value is -2.31. The molecule has 1 aliphatic heterocycles. The molecule has 1 aromatic carbocycles. The Morgan fingerprint density at radius 3 is 2.65 bits per heavy atom. The Bertz CT molecular complexity index is 953. The Morgan fingerprint density at radius 2 is 1.92 bits per heavy atom. The summed E-state index contributed by atoms with van der Waals surface area (Å²) < 4.78 is 3.25. The third-order valence-corrected chi connectivity index (χ3v) is 5.22. The van der Waals surface area contributed by atoms with Crippen molar-refractivity contribution < 1.29 is 0 Å². The standard InChI is InChI=1S/C18H17Cl2N5O/c19-13-4-6-14(7-5-13)25-18(26)17(20)16(11-22-25)23-9-1-3-15(12-23)24-10-2-8-21-24/h2,4-8,10-11,15H,1,3,9,12H2. The molecular formula is C18H17Cl2N5O. The molecule has 8 heteroatoms. The van der Waals surface area contributed by atoms with Crippen molar-refractivity contribution in [1.82, 2.24) is 19.6 Å². The molecule has 0 aliphatic carbocycles. The van der Waals surface area contributed by atoms with Gasteiger partial charge in [0, 0.05) is 30.5 Å². The van der Waals surface area contributed by atoms with E-state index in [9.17, 15) is 4.79 Å². The minimum absolute atomic E-state index is 0.177. The molecule has 6 nitrogen and oxygen atoms in total. The van der Waals surface area contributed by atoms with Gasteiger partial charge in [0.15, 0.2) is 0 Å². The first-order valence-electron chi connectivity index (χ1n) is 8.41. The molecule has 3 heterocycles. The smallest absolute Gasteiger partial charge is 0.292 e. The number of anilines is 1. The maximum Gasteiger partial charge on any atom is 0.292 e. The highest BCUT2D eigenvalue weighted by atomic mass is 35.5. The van der Waals surface area contributed by atoms with Gasteiger partial charge >= 0.3 is 0 Å². The fraction of sp³-hybridized carbons (Fsp3) is 0.278. The van der Waals surface area contributed by atoms with Crippen molar-refractivity contribution in [1.29, 1.82) is 0 Å². The van der Waals surface area contributed by atoms with Crippen LogP contribution in [0.25, 0.3) is 5.69 Å². The number of benzene rings is 1. The molecule has 0 spiro atoms. The number of nitrogens with zero attached hydrogens (tertiary/aromatic N) is 5. The van der Waals surface area contributed by atoms with Gasteiger partial charge in [-0.3, -0.25) is 9.48 Å². The van der Waals surface area contributed by atoms with Gasteiger partial charge in [0.25, 0.3) is 5.56 Å². The Balaban J connectivity index is 1.64. The van der Waals surface area contributed by atoms with E-state index in [1.54, 1.807) is 36.7 Å². The molecule has 0 radical (unpaired) electrons. The molecule has 1 aliphatic rings. The number of hydrogen-bond acceptors (Lipinski definition) is 4. The molecule has 3 aromatic rings. The average molecular weight is 390 g/mol. The molecule has 0 N–H and O–H groups in total. The maximum atomic E-state index is 12.7. The highest BCUT2D eigenvalue weighted by molar-refractivity contribution is 6.33. The van der Waals surface area contributed by atoms with Crippen LogP contribution in [-0.2, 0) is 0 Å². The van der Waals surface area contributed by atoms with E-state index in [4.69, 9.17) is 23.2 Å². The Labute approximate surface area is 160 Å². The van der Waals surface area contributed by atoms with Gasteiger partial charge in [0.05, 0.1) is 23.6 Å². The van der Waals surface area contributed by atoms with Gasteiger partial charge < -0.3 is 4.90 Å². The summed E-state index contributed by atoms with van der Waals surface area (Å²) in [6.07, 6.45) is 7.45. The summed E-state index contributed by atoms with van der Waals surface area (Å²) in [5.74, 6) is 0. The summed E-state index contributed by atoms with van der Waals surface area (Å²) >= 11 is 12.3. The van der Waals surface area contributed by atoms with Crippen molar-refractivity contribution in [2.75, 3.05) is 18.0 Å². The predicted octanol–water partition coefficient (Wildman–Crippen LogP) is 3.58. The van der Waals surface area contributed by atoms with E-state index in [-0.39, 0.29) is 16.6 Å². The van der Waals surface area contributed by atoms with Gasteiger partial charge in [0.1, 0.15) is 5.02 Å². The van der Waals surface area contributed by atoms with E-state index in [0.717, 1.165) is 25.9 Å². The second-order valence-electron chi connectivity index (χ2n) is 6.27. The minimum atomic E-state index is -0.340. The van der Waals surface area contributed by atoms with Crippen LogP contribution in [0.1, 0.15) is 18.9 Å². The molecule has 4 rings (SSSR count). The Kier molecular flexibility index (Phi) is 4.70. The van der Waals surface area contributed by atoms with Gasteiger partial charge in [-0.15, -0.1) is 0 Å². The maximum absolute atomic E-state index is 12.7. The van der Waals surface area contributed by atoms with Gasteiger partial charge in [-0.2, -0.15) is 14.9 Å². The van der Waals surface area contributed by atoms with Crippen LogP contribution >= 0.6 is 23.2 Å². The summed E-state index contributed by atoms with van der Waals surface area (Å²) in [5, 5.41) is 9.42. The summed E-state index contributed by atoms with van der Waals surface area (Å²) in [4.78, 5) is 14.8. The summed E-state index contributed by atoms with van der Waals surface area (Å²) in [6.45, 7) is 1.58. The van der Waals surface area contributed by atoms with Crippen molar-refractivity contribution in [3.05, 3.63) is 69.3 Å². The van der Waals surface area contributed by atoms with Crippen molar-refractivity contribution in [3.63, 3.8) is 0 Å².